The number of allylic oxidation sites excluding steroid dienone is 16. The molecule has 0 aliphatic carbocycles. The van der Waals surface area contributed by atoms with Crippen LogP contribution in [0, 0.1) is 0 Å². The molecule has 0 rings (SSSR count). The molecule has 406 valence electrons. The molecule has 0 spiro atoms. The lowest BCUT2D eigenvalue weighted by Gasteiger charge is -2.18. The van der Waals surface area contributed by atoms with Gasteiger partial charge in [-0.1, -0.05) is 227 Å². The zero-order chi connectivity index (χ0) is 51.4. The molecule has 71 heavy (non-hydrogen) atoms. The van der Waals surface area contributed by atoms with Gasteiger partial charge in [-0.2, -0.15) is 0 Å². The van der Waals surface area contributed by atoms with Crippen molar-refractivity contribution in [1.82, 2.24) is 0 Å². The van der Waals surface area contributed by atoms with Gasteiger partial charge in [0, 0.05) is 19.3 Å². The van der Waals surface area contributed by atoms with Crippen LogP contribution >= 0.6 is 0 Å². The summed E-state index contributed by atoms with van der Waals surface area (Å²) in [5, 5.41) is 0. The number of hydrogen-bond donors (Lipinski definition) is 0. The molecule has 0 heterocycles. The van der Waals surface area contributed by atoms with Crippen molar-refractivity contribution in [2.24, 2.45) is 0 Å². The molecule has 0 aliphatic heterocycles. The number of esters is 3. The fourth-order valence-corrected chi connectivity index (χ4v) is 8.01. The summed E-state index contributed by atoms with van der Waals surface area (Å²) in [4.78, 5) is 38.2. The highest BCUT2D eigenvalue weighted by atomic mass is 16.6. The van der Waals surface area contributed by atoms with Crippen molar-refractivity contribution >= 4 is 17.9 Å². The number of ether oxygens (including phenoxy) is 3. The van der Waals surface area contributed by atoms with Crippen molar-refractivity contribution < 1.29 is 28.6 Å². The van der Waals surface area contributed by atoms with Crippen molar-refractivity contribution in [3.63, 3.8) is 0 Å². The van der Waals surface area contributed by atoms with Crippen LogP contribution in [0.5, 0.6) is 0 Å². The highest BCUT2D eigenvalue weighted by molar-refractivity contribution is 5.71. The normalized spacial score (nSPS) is 12.8. The van der Waals surface area contributed by atoms with E-state index in [1.165, 1.54) is 122 Å². The molecule has 1 atom stereocenters. The highest BCUT2D eigenvalue weighted by Crippen LogP contribution is 2.14. The summed E-state index contributed by atoms with van der Waals surface area (Å²) in [5.74, 6) is -0.942. The fraction of sp³-hybridized carbons (Fsp3) is 0.708. The lowest BCUT2D eigenvalue weighted by molar-refractivity contribution is -0.167. The van der Waals surface area contributed by atoms with E-state index >= 15 is 0 Å². The summed E-state index contributed by atoms with van der Waals surface area (Å²) >= 11 is 0. The number of carbonyl (C=O) groups is 3. The molecule has 0 unspecified atom stereocenters. The van der Waals surface area contributed by atoms with Crippen LogP contribution in [-0.4, -0.2) is 37.2 Å². The zero-order valence-electron chi connectivity index (χ0n) is 46.5. The minimum atomic E-state index is -0.804. The van der Waals surface area contributed by atoms with Gasteiger partial charge in [0.05, 0.1) is 0 Å². The quantitative estimate of drug-likeness (QED) is 0.0261. The first-order valence-electron chi connectivity index (χ1n) is 29.7. The largest absolute Gasteiger partial charge is 0.462 e. The van der Waals surface area contributed by atoms with E-state index in [-0.39, 0.29) is 37.5 Å². The fourth-order valence-electron chi connectivity index (χ4n) is 8.01. The van der Waals surface area contributed by atoms with Crippen molar-refractivity contribution in [1.29, 1.82) is 0 Å². The molecule has 0 aromatic rings. The molecule has 0 N–H and O–H groups in total. The van der Waals surface area contributed by atoms with E-state index in [2.05, 4.69) is 118 Å². The minimum absolute atomic E-state index is 0.0976. The first-order valence-corrected chi connectivity index (χ1v) is 29.7. The topological polar surface area (TPSA) is 78.9 Å². The van der Waals surface area contributed by atoms with Crippen LogP contribution in [0.1, 0.15) is 278 Å². The van der Waals surface area contributed by atoms with Crippen LogP contribution in [0.2, 0.25) is 0 Å². The molecular formula is C65H110O6. The van der Waals surface area contributed by atoms with Crippen LogP contribution in [0.3, 0.4) is 0 Å². The Morgan fingerprint density at radius 3 is 0.803 bits per heavy atom. The molecule has 0 radical (unpaired) electrons. The third kappa shape index (κ3) is 57.1. The van der Waals surface area contributed by atoms with Gasteiger partial charge in [-0.15, -0.1) is 0 Å². The Labute approximate surface area is 438 Å². The number of carbonyl (C=O) groups excluding carboxylic acids is 3. The summed E-state index contributed by atoms with van der Waals surface area (Å²) < 4.78 is 16.9. The predicted octanol–water partition coefficient (Wildman–Crippen LogP) is 20.1. The Morgan fingerprint density at radius 1 is 0.282 bits per heavy atom. The second-order valence-corrected chi connectivity index (χ2v) is 19.5. The Balaban J connectivity index is 4.47. The van der Waals surface area contributed by atoms with E-state index < -0.39 is 6.10 Å². The summed E-state index contributed by atoms with van der Waals surface area (Å²) in [7, 11) is 0. The van der Waals surface area contributed by atoms with Gasteiger partial charge >= 0.3 is 17.9 Å². The van der Waals surface area contributed by atoms with Gasteiger partial charge in [-0.05, 0) is 128 Å². The third-order valence-corrected chi connectivity index (χ3v) is 12.5. The molecular weight excluding hydrogens is 877 g/mol. The standard InChI is InChI=1S/C65H110O6/c1-4-7-10-13-16-19-22-25-28-30-32-34-37-40-43-46-49-52-55-58-64(67)70-61-62(60-69-63(66)57-54-51-48-45-42-39-36-27-24-21-18-15-12-9-6-3)71-65(68)59-56-53-50-47-44-41-38-35-33-31-29-26-23-20-17-14-11-8-5-2/h16-21,25-29,33,35-36,41,44,62H,4-15,22-24,30-32,34,37-40,42-43,45-61H2,1-3H3/b19-16-,20-17-,21-18-,28-25-,29-26-,35-33-,36-27-,44-41-/t62-/m0/s1. The van der Waals surface area contributed by atoms with Crippen LogP contribution in [0.25, 0.3) is 0 Å². The second-order valence-electron chi connectivity index (χ2n) is 19.5. The Bertz CT molecular complexity index is 1410. The van der Waals surface area contributed by atoms with E-state index in [1.807, 2.05) is 0 Å². The lowest BCUT2D eigenvalue weighted by Crippen LogP contribution is -2.30. The molecule has 0 aromatic heterocycles. The molecule has 0 amide bonds. The Hall–Kier alpha value is -3.67. The molecule has 0 saturated heterocycles. The van der Waals surface area contributed by atoms with Crippen molar-refractivity contribution in [3.8, 4) is 0 Å². The van der Waals surface area contributed by atoms with Gasteiger partial charge in [0.15, 0.2) is 6.10 Å². The van der Waals surface area contributed by atoms with E-state index in [0.717, 1.165) is 116 Å². The minimum Gasteiger partial charge on any atom is -0.462 e. The maximum absolute atomic E-state index is 12.9. The first-order chi connectivity index (χ1) is 35.0. The number of unbranched alkanes of at least 4 members (excludes halogenated alkanes) is 26. The van der Waals surface area contributed by atoms with Gasteiger partial charge < -0.3 is 14.2 Å². The zero-order valence-corrected chi connectivity index (χ0v) is 46.5. The van der Waals surface area contributed by atoms with E-state index in [1.54, 1.807) is 0 Å². The van der Waals surface area contributed by atoms with Crippen LogP contribution in [-0.2, 0) is 28.6 Å². The van der Waals surface area contributed by atoms with Gasteiger partial charge in [-0.25, -0.2) is 0 Å². The highest BCUT2D eigenvalue weighted by Gasteiger charge is 2.19. The molecule has 0 aromatic carbocycles. The SMILES string of the molecule is CCCCC/C=C\C/C=C\C/C=C\C/C=C\CCCCCC(=O)O[C@@H](COC(=O)CCCCCCC/C=C\C/C=C\CCCCC)COC(=O)CCCCCCCCCCC/C=C\C/C=C\CCCCC. The molecule has 0 bridgehead atoms. The third-order valence-electron chi connectivity index (χ3n) is 12.5. The van der Waals surface area contributed by atoms with Gasteiger partial charge in [0.2, 0.25) is 0 Å². The maximum atomic E-state index is 12.9. The van der Waals surface area contributed by atoms with Gasteiger partial charge in [0.25, 0.3) is 0 Å². The maximum Gasteiger partial charge on any atom is 0.306 e. The van der Waals surface area contributed by atoms with Crippen molar-refractivity contribution in [3.05, 3.63) is 97.2 Å². The lowest BCUT2D eigenvalue weighted by atomic mass is 10.1. The molecule has 0 aliphatic rings. The van der Waals surface area contributed by atoms with Crippen LogP contribution < -0.4 is 0 Å². The summed E-state index contributed by atoms with van der Waals surface area (Å²) in [6, 6.07) is 0. The Morgan fingerprint density at radius 2 is 0.507 bits per heavy atom. The predicted molar refractivity (Wildman–Crippen MR) is 307 cm³/mol. The van der Waals surface area contributed by atoms with Crippen LogP contribution in [0.15, 0.2) is 97.2 Å². The average Bonchev–Trinajstić information content (AvgIpc) is 3.37. The summed E-state index contributed by atoms with van der Waals surface area (Å²) in [6.45, 7) is 6.53. The summed E-state index contributed by atoms with van der Waals surface area (Å²) in [5.41, 5.74) is 0. The smallest absolute Gasteiger partial charge is 0.306 e. The molecule has 0 saturated carbocycles. The molecule has 6 heteroatoms. The van der Waals surface area contributed by atoms with Crippen LogP contribution in [0.4, 0.5) is 0 Å². The number of hydrogen-bond acceptors (Lipinski definition) is 6. The van der Waals surface area contributed by atoms with Gasteiger partial charge in [0.1, 0.15) is 13.2 Å². The van der Waals surface area contributed by atoms with Crippen molar-refractivity contribution in [2.75, 3.05) is 13.2 Å². The van der Waals surface area contributed by atoms with E-state index in [9.17, 15) is 14.4 Å². The monoisotopic (exact) mass is 987 g/mol. The average molecular weight is 988 g/mol. The van der Waals surface area contributed by atoms with E-state index in [0.29, 0.717) is 12.8 Å². The molecule has 6 nitrogen and oxygen atoms in total. The summed E-state index contributed by atoms with van der Waals surface area (Å²) in [6.07, 6.45) is 78.2. The second kappa shape index (κ2) is 58.9. The number of rotatable bonds is 53. The van der Waals surface area contributed by atoms with Crippen molar-refractivity contribution in [2.45, 2.75) is 284 Å². The van der Waals surface area contributed by atoms with Gasteiger partial charge in [-0.3, -0.25) is 14.4 Å². The first kappa shape index (κ1) is 67.3. The molecule has 0 fully saturated rings. The Kier molecular flexibility index (Phi) is 55.9. The van der Waals surface area contributed by atoms with E-state index in [4.69, 9.17) is 14.2 Å².